The maximum absolute atomic E-state index is 12.9. The lowest BCUT2D eigenvalue weighted by Gasteiger charge is -2.15. The van der Waals surface area contributed by atoms with Crippen LogP contribution in [0.2, 0.25) is 0 Å². The molecule has 9 heteroatoms. The van der Waals surface area contributed by atoms with Gasteiger partial charge in [-0.25, -0.2) is 4.98 Å². The Hall–Kier alpha value is -4.08. The lowest BCUT2D eigenvalue weighted by molar-refractivity contribution is 0.104. The highest BCUT2D eigenvalue weighted by molar-refractivity contribution is 6.07. The summed E-state index contributed by atoms with van der Waals surface area (Å²) in [6.45, 7) is -0.528. The van der Waals surface area contributed by atoms with Crippen LogP contribution in [0.15, 0.2) is 48.7 Å². The SMILES string of the molecule is COc1cc(Nc2ncccc2/C=C/C(=O)c2cc(OC)c(OC)c(OC)c2)cc(CO)c1CO. The minimum Gasteiger partial charge on any atom is -0.496 e. The van der Waals surface area contributed by atoms with Crippen LogP contribution < -0.4 is 24.3 Å². The summed E-state index contributed by atoms with van der Waals surface area (Å²) < 4.78 is 21.3. The van der Waals surface area contributed by atoms with E-state index < -0.39 is 0 Å². The average molecular weight is 481 g/mol. The molecule has 3 N–H and O–H groups in total. The fourth-order valence-corrected chi connectivity index (χ4v) is 3.56. The van der Waals surface area contributed by atoms with Gasteiger partial charge in [-0.3, -0.25) is 4.79 Å². The molecule has 35 heavy (non-hydrogen) atoms. The summed E-state index contributed by atoms with van der Waals surface area (Å²) in [4.78, 5) is 17.3. The Morgan fingerprint density at radius 1 is 0.943 bits per heavy atom. The zero-order chi connectivity index (χ0) is 25.4. The van der Waals surface area contributed by atoms with Gasteiger partial charge in [-0.2, -0.15) is 0 Å². The van der Waals surface area contributed by atoms with Gasteiger partial charge < -0.3 is 34.5 Å². The molecule has 0 amide bonds. The highest BCUT2D eigenvalue weighted by Crippen LogP contribution is 2.38. The average Bonchev–Trinajstić information content (AvgIpc) is 2.90. The van der Waals surface area contributed by atoms with E-state index in [4.69, 9.17) is 18.9 Å². The number of nitrogens with zero attached hydrogens (tertiary/aromatic N) is 1. The third-order valence-electron chi connectivity index (χ3n) is 5.31. The lowest BCUT2D eigenvalue weighted by Crippen LogP contribution is -2.03. The summed E-state index contributed by atoms with van der Waals surface area (Å²) in [5, 5.41) is 22.5. The van der Waals surface area contributed by atoms with Crippen LogP contribution in [0.5, 0.6) is 23.0 Å². The number of carbonyl (C=O) groups excluding carboxylic acids is 1. The topological polar surface area (TPSA) is 119 Å². The number of hydrogen-bond acceptors (Lipinski definition) is 9. The van der Waals surface area contributed by atoms with Gasteiger partial charge in [-0.1, -0.05) is 0 Å². The van der Waals surface area contributed by atoms with Crippen LogP contribution >= 0.6 is 0 Å². The minimum atomic E-state index is -0.268. The normalized spacial score (nSPS) is 10.8. The molecule has 0 atom stereocenters. The molecular formula is C26H28N2O7. The van der Waals surface area contributed by atoms with Gasteiger partial charge in [0, 0.05) is 34.6 Å². The van der Waals surface area contributed by atoms with Crippen molar-refractivity contribution in [1.82, 2.24) is 4.98 Å². The molecule has 0 saturated heterocycles. The van der Waals surface area contributed by atoms with Crippen molar-refractivity contribution in [3.8, 4) is 23.0 Å². The van der Waals surface area contributed by atoms with E-state index in [2.05, 4.69) is 10.3 Å². The maximum Gasteiger partial charge on any atom is 0.203 e. The number of carbonyl (C=O) groups is 1. The number of allylic oxidation sites excluding steroid dienone is 1. The smallest absolute Gasteiger partial charge is 0.203 e. The second-order valence-electron chi connectivity index (χ2n) is 7.31. The number of ether oxygens (including phenoxy) is 4. The van der Waals surface area contributed by atoms with E-state index in [1.54, 1.807) is 48.7 Å². The van der Waals surface area contributed by atoms with Crippen LogP contribution in [-0.4, -0.2) is 49.4 Å². The zero-order valence-electron chi connectivity index (χ0n) is 20.0. The number of aliphatic hydroxyl groups is 2. The molecule has 0 aliphatic heterocycles. The van der Waals surface area contributed by atoms with Crippen LogP contribution in [-0.2, 0) is 13.2 Å². The molecule has 3 aromatic rings. The summed E-state index contributed by atoms with van der Waals surface area (Å²) in [7, 11) is 5.96. The highest BCUT2D eigenvalue weighted by Gasteiger charge is 2.16. The molecule has 3 rings (SSSR count). The first kappa shape index (κ1) is 25.5. The van der Waals surface area contributed by atoms with Crippen LogP contribution in [0.1, 0.15) is 27.0 Å². The molecule has 0 saturated carbocycles. The molecule has 2 aromatic carbocycles. The van der Waals surface area contributed by atoms with Crippen LogP contribution in [0.4, 0.5) is 11.5 Å². The Labute approximate surface area is 203 Å². The number of ketones is 1. The van der Waals surface area contributed by atoms with E-state index in [0.29, 0.717) is 56.8 Å². The van der Waals surface area contributed by atoms with Gasteiger partial charge in [0.15, 0.2) is 17.3 Å². The molecule has 184 valence electrons. The van der Waals surface area contributed by atoms with Gasteiger partial charge in [0.1, 0.15) is 11.6 Å². The number of pyridine rings is 1. The largest absolute Gasteiger partial charge is 0.496 e. The quantitative estimate of drug-likeness (QED) is 0.278. The molecule has 0 aliphatic rings. The predicted octanol–water partition coefficient (Wildman–Crippen LogP) is 3.74. The number of rotatable bonds is 11. The first-order valence-corrected chi connectivity index (χ1v) is 10.7. The van der Waals surface area contributed by atoms with Crippen molar-refractivity contribution in [2.24, 2.45) is 0 Å². The number of aliphatic hydroxyl groups excluding tert-OH is 2. The fraction of sp³-hybridized carbons (Fsp3) is 0.231. The number of benzene rings is 2. The number of aromatic nitrogens is 1. The molecule has 1 aromatic heterocycles. The molecular weight excluding hydrogens is 452 g/mol. The van der Waals surface area contributed by atoms with Crippen LogP contribution in [0.25, 0.3) is 6.08 Å². The Morgan fingerprint density at radius 2 is 1.63 bits per heavy atom. The van der Waals surface area contributed by atoms with Crippen LogP contribution in [0.3, 0.4) is 0 Å². The molecule has 0 aliphatic carbocycles. The second kappa shape index (κ2) is 11.9. The van der Waals surface area contributed by atoms with Crippen molar-refractivity contribution in [2.75, 3.05) is 33.8 Å². The summed E-state index contributed by atoms with van der Waals surface area (Å²) >= 11 is 0. The standard InChI is InChI=1S/C26H28N2O7/c1-32-22-13-19(10-18(14-29)20(22)15-30)28-26-16(6-5-9-27-26)7-8-21(31)17-11-23(33-2)25(35-4)24(12-17)34-3/h5-13,29-30H,14-15H2,1-4H3,(H,27,28)/b8-7+. The van der Waals surface area contributed by atoms with Crippen molar-refractivity contribution in [3.05, 3.63) is 70.9 Å². The maximum atomic E-state index is 12.9. The third kappa shape index (κ3) is 5.71. The highest BCUT2D eigenvalue weighted by atomic mass is 16.5. The van der Waals surface area contributed by atoms with Crippen molar-refractivity contribution in [3.63, 3.8) is 0 Å². The first-order valence-electron chi connectivity index (χ1n) is 10.7. The monoisotopic (exact) mass is 480 g/mol. The van der Waals surface area contributed by atoms with E-state index in [1.165, 1.54) is 34.5 Å². The van der Waals surface area contributed by atoms with Crippen molar-refractivity contribution in [2.45, 2.75) is 13.2 Å². The van der Waals surface area contributed by atoms with Crippen LogP contribution in [0, 0.1) is 0 Å². The zero-order valence-corrected chi connectivity index (χ0v) is 20.0. The van der Waals surface area contributed by atoms with E-state index in [9.17, 15) is 15.0 Å². The molecule has 9 nitrogen and oxygen atoms in total. The van der Waals surface area contributed by atoms with Gasteiger partial charge >= 0.3 is 0 Å². The Morgan fingerprint density at radius 3 is 2.20 bits per heavy atom. The molecule has 0 spiro atoms. The van der Waals surface area contributed by atoms with E-state index >= 15 is 0 Å². The number of methoxy groups -OCH3 is 4. The Kier molecular flexibility index (Phi) is 8.66. The minimum absolute atomic E-state index is 0.264. The first-order chi connectivity index (χ1) is 17.0. The van der Waals surface area contributed by atoms with E-state index in [-0.39, 0.29) is 19.0 Å². The molecule has 0 bridgehead atoms. The number of anilines is 2. The molecule has 0 fully saturated rings. The number of hydrogen-bond donors (Lipinski definition) is 3. The summed E-state index contributed by atoms with van der Waals surface area (Å²) in [5.74, 6) is 1.82. The molecule has 1 heterocycles. The van der Waals surface area contributed by atoms with Crippen molar-refractivity contribution >= 4 is 23.4 Å². The summed E-state index contributed by atoms with van der Waals surface area (Å²) in [6.07, 6.45) is 4.69. The Balaban J connectivity index is 1.91. The van der Waals surface area contributed by atoms with E-state index in [1.807, 2.05) is 0 Å². The van der Waals surface area contributed by atoms with Crippen molar-refractivity contribution in [1.29, 1.82) is 0 Å². The number of nitrogens with one attached hydrogen (secondary N) is 1. The second-order valence-corrected chi connectivity index (χ2v) is 7.31. The van der Waals surface area contributed by atoms with Gasteiger partial charge in [-0.05, 0) is 48.0 Å². The van der Waals surface area contributed by atoms with E-state index in [0.717, 1.165) is 0 Å². The van der Waals surface area contributed by atoms with Crippen molar-refractivity contribution < 1.29 is 34.0 Å². The van der Waals surface area contributed by atoms with Gasteiger partial charge in [0.2, 0.25) is 5.75 Å². The third-order valence-corrected chi connectivity index (χ3v) is 5.31. The fourth-order valence-electron chi connectivity index (χ4n) is 3.56. The summed E-state index contributed by atoms with van der Waals surface area (Å²) in [6, 6.07) is 10.1. The van der Waals surface area contributed by atoms with Gasteiger partial charge in [0.25, 0.3) is 0 Å². The molecule has 0 unspecified atom stereocenters. The Bertz CT molecular complexity index is 1170. The lowest BCUT2D eigenvalue weighted by atomic mass is 10.1. The van der Waals surface area contributed by atoms with Gasteiger partial charge in [-0.15, -0.1) is 0 Å². The predicted molar refractivity (Wildman–Crippen MR) is 132 cm³/mol. The molecule has 0 radical (unpaired) electrons. The summed E-state index contributed by atoms with van der Waals surface area (Å²) in [5.41, 5.74) is 2.67. The van der Waals surface area contributed by atoms with Gasteiger partial charge in [0.05, 0.1) is 41.7 Å².